The molecule has 4 nitrogen and oxygen atoms in total. The predicted octanol–water partition coefficient (Wildman–Crippen LogP) is 2.13. The number of carbonyl (C=O) groups is 1. The molecule has 0 saturated heterocycles. The smallest absolute Gasteiger partial charge is 0.381 e. The van der Waals surface area contributed by atoms with Crippen molar-refractivity contribution in [2.75, 3.05) is 0 Å². The second-order valence-corrected chi connectivity index (χ2v) is 5.27. The van der Waals surface area contributed by atoms with E-state index in [2.05, 4.69) is 4.18 Å². The van der Waals surface area contributed by atoms with E-state index in [1.165, 1.54) is 13.0 Å². The molecular formula is C9H11F3O4S. The quantitative estimate of drug-likeness (QED) is 0.583. The van der Waals surface area contributed by atoms with Crippen molar-refractivity contribution in [2.45, 2.75) is 31.7 Å². The molecule has 0 aromatic heterocycles. The minimum absolute atomic E-state index is 0.0134. The van der Waals surface area contributed by atoms with E-state index in [4.69, 9.17) is 0 Å². The van der Waals surface area contributed by atoms with Crippen LogP contribution in [-0.4, -0.2) is 19.7 Å². The van der Waals surface area contributed by atoms with Gasteiger partial charge in [0, 0.05) is 12.3 Å². The van der Waals surface area contributed by atoms with Gasteiger partial charge in [-0.3, -0.25) is 4.79 Å². The maximum Gasteiger partial charge on any atom is 0.534 e. The third-order valence-electron chi connectivity index (χ3n) is 2.44. The highest BCUT2D eigenvalue weighted by molar-refractivity contribution is 7.87. The summed E-state index contributed by atoms with van der Waals surface area (Å²) in [6, 6.07) is 0. The number of hydrogen-bond acceptors (Lipinski definition) is 4. The Hall–Kier alpha value is -1.05. The molecule has 17 heavy (non-hydrogen) atoms. The van der Waals surface area contributed by atoms with Crippen molar-refractivity contribution in [2.24, 2.45) is 5.92 Å². The number of Topliss-reactive ketones (excluding diaryl/α,β-unsaturated/α-hetero) is 1. The van der Waals surface area contributed by atoms with Crippen LogP contribution < -0.4 is 0 Å². The maximum atomic E-state index is 12.0. The van der Waals surface area contributed by atoms with Crippen LogP contribution in [0.2, 0.25) is 0 Å². The summed E-state index contributed by atoms with van der Waals surface area (Å²) in [4.78, 5) is 11.0. The molecule has 1 unspecified atom stereocenters. The van der Waals surface area contributed by atoms with E-state index in [9.17, 15) is 26.4 Å². The van der Waals surface area contributed by atoms with E-state index >= 15 is 0 Å². The monoisotopic (exact) mass is 272 g/mol. The zero-order valence-electron chi connectivity index (χ0n) is 8.95. The molecule has 0 bridgehead atoms. The van der Waals surface area contributed by atoms with E-state index in [1.807, 2.05) is 0 Å². The third-order valence-corrected chi connectivity index (χ3v) is 3.44. The predicted molar refractivity (Wildman–Crippen MR) is 52.2 cm³/mol. The number of hydrogen-bond donors (Lipinski definition) is 0. The molecule has 1 rings (SSSR count). The van der Waals surface area contributed by atoms with Gasteiger partial charge in [0.1, 0.15) is 11.5 Å². The zero-order chi connectivity index (χ0) is 13.3. The van der Waals surface area contributed by atoms with Crippen molar-refractivity contribution in [3.05, 3.63) is 11.8 Å². The number of rotatable bonds is 3. The second kappa shape index (κ2) is 4.67. The first-order chi connectivity index (χ1) is 7.63. The number of carbonyl (C=O) groups excluding carboxylic acids is 1. The number of halogens is 3. The van der Waals surface area contributed by atoms with Crippen LogP contribution in [0.25, 0.3) is 0 Å². The topological polar surface area (TPSA) is 60.4 Å². The van der Waals surface area contributed by atoms with E-state index in [0.29, 0.717) is 6.42 Å². The van der Waals surface area contributed by atoms with Crippen molar-refractivity contribution in [3.8, 4) is 0 Å². The molecule has 0 amide bonds. The van der Waals surface area contributed by atoms with E-state index in [-0.39, 0.29) is 30.3 Å². The van der Waals surface area contributed by atoms with Gasteiger partial charge in [-0.25, -0.2) is 0 Å². The second-order valence-electron chi connectivity index (χ2n) is 3.74. The molecule has 1 atom stereocenters. The normalized spacial score (nSPS) is 21.9. The molecule has 0 aromatic rings. The molecule has 0 spiro atoms. The van der Waals surface area contributed by atoms with Gasteiger partial charge in [0.15, 0.2) is 0 Å². The first-order valence-corrected chi connectivity index (χ1v) is 6.24. The van der Waals surface area contributed by atoms with Crippen molar-refractivity contribution in [1.82, 2.24) is 0 Å². The molecule has 0 aromatic carbocycles. The van der Waals surface area contributed by atoms with E-state index < -0.39 is 15.6 Å². The highest BCUT2D eigenvalue weighted by Crippen LogP contribution is 2.31. The highest BCUT2D eigenvalue weighted by Gasteiger charge is 2.48. The molecule has 1 aliphatic rings. The minimum Gasteiger partial charge on any atom is -0.381 e. The molecule has 98 valence electrons. The Labute approximate surface area is 96.6 Å². The summed E-state index contributed by atoms with van der Waals surface area (Å²) in [7, 11) is -5.59. The van der Waals surface area contributed by atoms with Gasteiger partial charge in [-0.2, -0.15) is 21.6 Å². The average Bonchev–Trinajstić information content (AvgIpc) is 2.16. The molecule has 0 N–H and O–H groups in total. The van der Waals surface area contributed by atoms with Gasteiger partial charge in [0.25, 0.3) is 0 Å². The Morgan fingerprint density at radius 3 is 2.41 bits per heavy atom. The summed E-state index contributed by atoms with van der Waals surface area (Å²) in [5.74, 6) is -0.588. The molecule has 8 heteroatoms. The molecule has 0 aliphatic heterocycles. The van der Waals surface area contributed by atoms with Crippen LogP contribution in [0.15, 0.2) is 11.8 Å². The SMILES string of the molecule is CC(=O)C1CC=C(OS(=O)(=O)C(F)(F)F)CC1. The molecule has 1 aliphatic carbocycles. The Morgan fingerprint density at radius 1 is 1.47 bits per heavy atom. The lowest BCUT2D eigenvalue weighted by atomic mass is 9.90. The third kappa shape index (κ3) is 3.45. The Bertz CT molecular complexity index is 436. The molecule has 0 fully saturated rings. The number of alkyl halides is 3. The average molecular weight is 272 g/mol. The first-order valence-electron chi connectivity index (χ1n) is 4.83. The summed E-state index contributed by atoms with van der Waals surface area (Å²) >= 11 is 0. The van der Waals surface area contributed by atoms with Crippen molar-refractivity contribution < 1.29 is 30.6 Å². The Balaban J connectivity index is 2.71. The van der Waals surface area contributed by atoms with Gasteiger partial charge in [0.05, 0.1) is 0 Å². The van der Waals surface area contributed by atoms with Crippen LogP contribution in [0.1, 0.15) is 26.2 Å². The molecule has 0 heterocycles. The summed E-state index contributed by atoms with van der Waals surface area (Å²) in [5.41, 5.74) is -5.43. The van der Waals surface area contributed by atoms with Crippen LogP contribution in [0.3, 0.4) is 0 Å². The molecule has 0 saturated carbocycles. The van der Waals surface area contributed by atoms with Crippen LogP contribution >= 0.6 is 0 Å². The molecular weight excluding hydrogens is 261 g/mol. The van der Waals surface area contributed by atoms with Crippen molar-refractivity contribution >= 4 is 15.9 Å². The Kier molecular flexibility index (Phi) is 3.85. The summed E-state index contributed by atoms with van der Waals surface area (Å²) < 4.78 is 61.3. The van der Waals surface area contributed by atoms with Crippen molar-refractivity contribution in [3.63, 3.8) is 0 Å². The van der Waals surface area contributed by atoms with Gasteiger partial charge in [0.2, 0.25) is 0 Å². The van der Waals surface area contributed by atoms with Crippen LogP contribution in [-0.2, 0) is 19.1 Å². The number of allylic oxidation sites excluding steroid dienone is 2. The molecule has 0 radical (unpaired) electrons. The summed E-state index contributed by atoms with van der Waals surface area (Å²) in [6.07, 6.45) is 1.74. The zero-order valence-corrected chi connectivity index (χ0v) is 9.77. The van der Waals surface area contributed by atoms with Crippen LogP contribution in [0.4, 0.5) is 13.2 Å². The lowest BCUT2D eigenvalue weighted by Gasteiger charge is -2.19. The minimum atomic E-state index is -5.59. The van der Waals surface area contributed by atoms with Gasteiger partial charge in [-0.15, -0.1) is 0 Å². The van der Waals surface area contributed by atoms with E-state index in [0.717, 1.165) is 0 Å². The fraction of sp³-hybridized carbons (Fsp3) is 0.667. The van der Waals surface area contributed by atoms with E-state index in [1.54, 1.807) is 0 Å². The first kappa shape index (κ1) is 14.0. The summed E-state index contributed by atoms with van der Waals surface area (Å²) in [6.45, 7) is 1.39. The lowest BCUT2D eigenvalue weighted by Crippen LogP contribution is -2.26. The summed E-state index contributed by atoms with van der Waals surface area (Å²) in [5, 5.41) is 0. The Morgan fingerprint density at radius 2 is 2.06 bits per heavy atom. The van der Waals surface area contributed by atoms with Gasteiger partial charge in [-0.1, -0.05) is 0 Å². The largest absolute Gasteiger partial charge is 0.534 e. The van der Waals surface area contributed by atoms with Crippen molar-refractivity contribution in [1.29, 1.82) is 0 Å². The fourth-order valence-electron chi connectivity index (χ4n) is 1.44. The van der Waals surface area contributed by atoms with Crippen LogP contribution in [0.5, 0.6) is 0 Å². The standard InChI is InChI=1S/C9H11F3O4S/c1-6(13)7-2-4-8(5-3-7)16-17(14,15)9(10,11)12/h4,7H,2-3,5H2,1H3. The lowest BCUT2D eigenvalue weighted by molar-refractivity contribution is -0.121. The highest BCUT2D eigenvalue weighted by atomic mass is 32.2. The number of ketones is 1. The maximum absolute atomic E-state index is 12.0. The van der Waals surface area contributed by atoms with Crippen LogP contribution in [0, 0.1) is 5.92 Å². The van der Waals surface area contributed by atoms with Gasteiger partial charge < -0.3 is 4.18 Å². The van der Waals surface area contributed by atoms with Gasteiger partial charge in [-0.05, 0) is 25.8 Å². The fourth-order valence-corrected chi connectivity index (χ4v) is 1.97. The van der Waals surface area contributed by atoms with Gasteiger partial charge >= 0.3 is 15.6 Å².